The van der Waals surface area contributed by atoms with Crippen LogP contribution in [0.25, 0.3) is 0 Å². The third-order valence-corrected chi connectivity index (χ3v) is 3.34. The van der Waals surface area contributed by atoms with Crippen molar-refractivity contribution < 1.29 is 9.59 Å². The maximum absolute atomic E-state index is 12.0. The summed E-state index contributed by atoms with van der Waals surface area (Å²) in [5, 5.41) is 5.65. The van der Waals surface area contributed by atoms with E-state index in [1.807, 2.05) is 13.0 Å². The number of carbonyl (C=O) groups is 2. The van der Waals surface area contributed by atoms with Crippen LogP contribution >= 0.6 is 0 Å². The molecule has 1 rings (SSSR count). The third kappa shape index (κ3) is 6.43. The number of nitrogens with one attached hydrogen (secondary N) is 2. The highest BCUT2D eigenvalue weighted by molar-refractivity contribution is 5.97. The highest BCUT2D eigenvalue weighted by Crippen LogP contribution is 2.06. The van der Waals surface area contributed by atoms with E-state index in [0.717, 1.165) is 12.8 Å². The van der Waals surface area contributed by atoms with Gasteiger partial charge in [0.15, 0.2) is 0 Å². The van der Waals surface area contributed by atoms with Crippen LogP contribution in [0.5, 0.6) is 0 Å². The first kappa shape index (κ1) is 17.2. The van der Waals surface area contributed by atoms with Crippen molar-refractivity contribution in [3.05, 3.63) is 35.9 Å². The monoisotopic (exact) mass is 290 g/mol. The average Bonchev–Trinajstić information content (AvgIpc) is 2.45. The molecule has 1 aromatic rings. The minimum atomic E-state index is -0.542. The zero-order chi connectivity index (χ0) is 15.8. The number of hydrogen-bond donors (Lipinski definition) is 2. The first-order chi connectivity index (χ1) is 9.90. The molecule has 0 aliphatic carbocycles. The fourth-order valence-corrected chi connectivity index (χ4v) is 1.96. The number of rotatable bonds is 7. The van der Waals surface area contributed by atoms with Crippen LogP contribution in [0, 0.1) is 5.92 Å². The summed E-state index contributed by atoms with van der Waals surface area (Å²) in [6, 6.07) is 8.48. The molecule has 1 aromatic carbocycles. The molecule has 4 nitrogen and oxygen atoms in total. The minimum Gasteiger partial charge on any atom is -0.352 e. The molecule has 0 aromatic heterocycles. The van der Waals surface area contributed by atoms with Gasteiger partial charge in [0.05, 0.1) is 0 Å². The van der Waals surface area contributed by atoms with E-state index in [-0.39, 0.29) is 17.9 Å². The molecule has 0 aliphatic rings. The molecule has 2 amide bonds. The molecular weight excluding hydrogens is 264 g/mol. The Balaban J connectivity index is 2.42. The quantitative estimate of drug-likeness (QED) is 0.811. The fraction of sp³-hybridized carbons (Fsp3) is 0.529. The van der Waals surface area contributed by atoms with Gasteiger partial charge >= 0.3 is 0 Å². The Morgan fingerprint density at radius 3 is 2.14 bits per heavy atom. The van der Waals surface area contributed by atoms with E-state index in [1.165, 1.54) is 0 Å². The molecule has 2 N–H and O–H groups in total. The maximum Gasteiger partial charge on any atom is 0.251 e. The van der Waals surface area contributed by atoms with Gasteiger partial charge in [-0.05, 0) is 44.7 Å². The lowest BCUT2D eigenvalue weighted by Crippen LogP contribution is -2.47. The van der Waals surface area contributed by atoms with E-state index >= 15 is 0 Å². The van der Waals surface area contributed by atoms with Crippen LogP contribution in [0.2, 0.25) is 0 Å². The Labute approximate surface area is 127 Å². The maximum atomic E-state index is 12.0. The van der Waals surface area contributed by atoms with Crippen molar-refractivity contribution in [2.45, 2.75) is 52.6 Å². The second kappa shape index (κ2) is 8.45. The van der Waals surface area contributed by atoms with Gasteiger partial charge in [-0.2, -0.15) is 0 Å². The molecule has 0 aliphatic heterocycles. The summed E-state index contributed by atoms with van der Waals surface area (Å²) in [7, 11) is 0. The molecule has 2 unspecified atom stereocenters. The van der Waals surface area contributed by atoms with Gasteiger partial charge in [-0.25, -0.2) is 0 Å². The predicted octanol–water partition coefficient (Wildman–Crippen LogP) is 2.75. The van der Waals surface area contributed by atoms with Crippen molar-refractivity contribution in [2.24, 2.45) is 5.92 Å². The molecule has 4 heteroatoms. The van der Waals surface area contributed by atoms with Gasteiger partial charge in [-0.1, -0.05) is 32.0 Å². The average molecular weight is 290 g/mol. The summed E-state index contributed by atoms with van der Waals surface area (Å²) in [4.78, 5) is 24.0. The van der Waals surface area contributed by atoms with Crippen LogP contribution in [0.1, 0.15) is 50.9 Å². The smallest absolute Gasteiger partial charge is 0.251 e. The van der Waals surface area contributed by atoms with Gasteiger partial charge < -0.3 is 10.6 Å². The van der Waals surface area contributed by atoms with Crippen molar-refractivity contribution in [3.63, 3.8) is 0 Å². The van der Waals surface area contributed by atoms with E-state index < -0.39 is 6.04 Å². The second-order valence-corrected chi connectivity index (χ2v) is 5.94. The van der Waals surface area contributed by atoms with Crippen LogP contribution in [0.4, 0.5) is 0 Å². The van der Waals surface area contributed by atoms with Crippen LogP contribution in [-0.2, 0) is 4.79 Å². The lowest BCUT2D eigenvalue weighted by molar-refractivity contribution is -0.123. The van der Waals surface area contributed by atoms with Crippen molar-refractivity contribution in [1.29, 1.82) is 0 Å². The van der Waals surface area contributed by atoms with E-state index in [9.17, 15) is 9.59 Å². The van der Waals surface area contributed by atoms with Crippen LogP contribution in [0.15, 0.2) is 30.3 Å². The molecule has 116 valence electrons. The molecule has 0 radical (unpaired) electrons. The normalized spacial score (nSPS) is 13.6. The summed E-state index contributed by atoms with van der Waals surface area (Å²) in [6.45, 7) is 8.02. The van der Waals surface area contributed by atoms with Gasteiger partial charge in [0.25, 0.3) is 5.91 Å². The minimum absolute atomic E-state index is 0.121. The summed E-state index contributed by atoms with van der Waals surface area (Å²) < 4.78 is 0. The molecule has 2 atom stereocenters. The highest BCUT2D eigenvalue weighted by atomic mass is 16.2. The Morgan fingerprint density at radius 2 is 1.57 bits per heavy atom. The van der Waals surface area contributed by atoms with E-state index in [1.54, 1.807) is 31.2 Å². The van der Waals surface area contributed by atoms with Gasteiger partial charge in [-0.15, -0.1) is 0 Å². The molecule has 0 spiro atoms. The molecule has 0 heterocycles. The zero-order valence-electron chi connectivity index (χ0n) is 13.3. The van der Waals surface area contributed by atoms with Crippen molar-refractivity contribution >= 4 is 11.8 Å². The molecule has 0 saturated heterocycles. The molecule has 0 fully saturated rings. The molecule has 0 saturated carbocycles. The highest BCUT2D eigenvalue weighted by Gasteiger charge is 2.18. The Kier molecular flexibility index (Phi) is 6.92. The summed E-state index contributed by atoms with van der Waals surface area (Å²) >= 11 is 0. The number of hydrogen-bond acceptors (Lipinski definition) is 2. The van der Waals surface area contributed by atoms with E-state index in [0.29, 0.717) is 11.5 Å². The van der Waals surface area contributed by atoms with Crippen LogP contribution in [0.3, 0.4) is 0 Å². The van der Waals surface area contributed by atoms with Gasteiger partial charge in [0.2, 0.25) is 5.91 Å². The largest absolute Gasteiger partial charge is 0.352 e. The summed E-state index contributed by atoms with van der Waals surface area (Å²) in [5.74, 6) is 0.253. The van der Waals surface area contributed by atoms with Gasteiger partial charge in [-0.3, -0.25) is 9.59 Å². The fourth-order valence-electron chi connectivity index (χ4n) is 1.96. The van der Waals surface area contributed by atoms with Crippen LogP contribution < -0.4 is 10.6 Å². The first-order valence-corrected chi connectivity index (χ1v) is 7.56. The van der Waals surface area contributed by atoms with Crippen molar-refractivity contribution in [2.75, 3.05) is 0 Å². The zero-order valence-corrected chi connectivity index (χ0v) is 13.3. The Bertz CT molecular complexity index is 457. The number of carbonyl (C=O) groups excluding carboxylic acids is 2. The molecule has 21 heavy (non-hydrogen) atoms. The third-order valence-electron chi connectivity index (χ3n) is 3.34. The van der Waals surface area contributed by atoms with Gasteiger partial charge in [0.1, 0.15) is 6.04 Å². The number of benzene rings is 1. The first-order valence-electron chi connectivity index (χ1n) is 7.56. The predicted molar refractivity (Wildman–Crippen MR) is 85.0 cm³/mol. The van der Waals surface area contributed by atoms with Crippen LogP contribution in [-0.4, -0.2) is 23.9 Å². The lowest BCUT2D eigenvalue weighted by atomic mass is 10.0. The van der Waals surface area contributed by atoms with E-state index in [2.05, 4.69) is 24.5 Å². The molecular formula is C17H26N2O2. The Morgan fingerprint density at radius 1 is 0.952 bits per heavy atom. The van der Waals surface area contributed by atoms with Gasteiger partial charge in [0, 0.05) is 11.6 Å². The summed E-state index contributed by atoms with van der Waals surface area (Å²) in [5.41, 5.74) is 0.560. The lowest BCUT2D eigenvalue weighted by Gasteiger charge is -2.19. The van der Waals surface area contributed by atoms with E-state index in [4.69, 9.17) is 0 Å². The molecule has 0 bridgehead atoms. The van der Waals surface area contributed by atoms with Crippen molar-refractivity contribution in [3.8, 4) is 0 Å². The SMILES string of the molecule is CC(C)CCC(C)NC(=O)C(C)NC(=O)c1ccccc1. The van der Waals surface area contributed by atoms with Crippen molar-refractivity contribution in [1.82, 2.24) is 10.6 Å². The topological polar surface area (TPSA) is 58.2 Å². The Hall–Kier alpha value is -1.84. The number of amides is 2. The summed E-state index contributed by atoms with van der Waals surface area (Å²) in [6.07, 6.45) is 2.02. The standard InChI is InChI=1S/C17H26N2O2/c1-12(2)10-11-13(3)18-16(20)14(4)19-17(21)15-8-6-5-7-9-15/h5-9,12-14H,10-11H2,1-4H3,(H,18,20)(H,19,21). The second-order valence-electron chi connectivity index (χ2n) is 5.94.